The van der Waals surface area contributed by atoms with Crippen molar-refractivity contribution in [3.05, 3.63) is 50.6 Å². The van der Waals surface area contributed by atoms with Gasteiger partial charge in [0.2, 0.25) is 0 Å². The highest BCUT2D eigenvalue weighted by Gasteiger charge is 2.28. The summed E-state index contributed by atoms with van der Waals surface area (Å²) in [5, 5.41) is 4.32. The molecule has 0 atom stereocenters. The van der Waals surface area contributed by atoms with E-state index in [9.17, 15) is 14.0 Å². The molecule has 0 saturated carbocycles. The Kier molecular flexibility index (Phi) is 9.46. The summed E-state index contributed by atoms with van der Waals surface area (Å²) >= 11 is 12.8. The van der Waals surface area contributed by atoms with Crippen molar-refractivity contribution in [3.8, 4) is 0 Å². The minimum Gasteiger partial charge on any atom is -0.465 e. The van der Waals surface area contributed by atoms with Crippen LogP contribution in [0.1, 0.15) is 45.0 Å². The second-order valence-corrected chi connectivity index (χ2v) is 9.99. The number of esters is 1. The SMILES string of the molecule is CCN(CC)C(=O)c1sc(NC(=S)N2CCN(Cc3ccc(F)c(Cl)c3)CC2)c(C(=O)OC)c1C. The van der Waals surface area contributed by atoms with E-state index in [-0.39, 0.29) is 10.9 Å². The number of carbonyl (C=O) groups excluding carboxylic acids is 2. The number of hydrogen-bond donors (Lipinski definition) is 1. The van der Waals surface area contributed by atoms with Gasteiger partial charge in [-0.3, -0.25) is 9.69 Å². The van der Waals surface area contributed by atoms with Crippen LogP contribution in [0.2, 0.25) is 5.02 Å². The number of thiophene rings is 1. The van der Waals surface area contributed by atoms with Crippen LogP contribution >= 0.6 is 35.2 Å². The lowest BCUT2D eigenvalue weighted by Crippen LogP contribution is -2.49. The molecule has 1 N–H and O–H groups in total. The second-order valence-electron chi connectivity index (χ2n) is 8.17. The Morgan fingerprint density at radius 1 is 1.23 bits per heavy atom. The predicted octanol–water partition coefficient (Wildman–Crippen LogP) is 4.63. The molecule has 1 aromatic carbocycles. The molecule has 35 heavy (non-hydrogen) atoms. The van der Waals surface area contributed by atoms with E-state index in [4.69, 9.17) is 28.6 Å². The first-order valence-corrected chi connectivity index (χ1v) is 13.0. The third-order valence-electron chi connectivity index (χ3n) is 6.05. The normalized spacial score (nSPS) is 14.1. The maximum absolute atomic E-state index is 13.4. The maximum Gasteiger partial charge on any atom is 0.341 e. The number of piperazine rings is 1. The number of methoxy groups -OCH3 is 1. The van der Waals surface area contributed by atoms with Gasteiger partial charge in [0.05, 0.1) is 22.6 Å². The lowest BCUT2D eigenvalue weighted by molar-refractivity contribution is 0.0601. The molecule has 1 aliphatic rings. The lowest BCUT2D eigenvalue weighted by Gasteiger charge is -2.36. The fourth-order valence-corrected chi connectivity index (χ4v) is 5.70. The van der Waals surface area contributed by atoms with Gasteiger partial charge in [0, 0.05) is 45.8 Å². The smallest absolute Gasteiger partial charge is 0.341 e. The van der Waals surface area contributed by atoms with Gasteiger partial charge >= 0.3 is 5.97 Å². The van der Waals surface area contributed by atoms with E-state index in [0.29, 0.717) is 58.8 Å². The molecule has 3 rings (SSSR count). The van der Waals surface area contributed by atoms with Crippen LogP contribution < -0.4 is 5.32 Å². The van der Waals surface area contributed by atoms with Gasteiger partial charge in [-0.1, -0.05) is 17.7 Å². The molecule has 2 aromatic rings. The van der Waals surface area contributed by atoms with Crippen molar-refractivity contribution in [2.24, 2.45) is 0 Å². The Morgan fingerprint density at radius 2 is 1.89 bits per heavy atom. The zero-order chi connectivity index (χ0) is 25.7. The largest absolute Gasteiger partial charge is 0.465 e. The van der Waals surface area contributed by atoms with E-state index >= 15 is 0 Å². The van der Waals surface area contributed by atoms with Gasteiger partial charge in [-0.15, -0.1) is 11.3 Å². The Hall–Kier alpha value is -2.27. The van der Waals surface area contributed by atoms with Crippen molar-refractivity contribution >= 4 is 57.1 Å². The molecular formula is C24H30ClFN4O3S2. The number of amides is 1. The average molecular weight is 541 g/mol. The van der Waals surface area contributed by atoms with Crippen molar-refractivity contribution in [1.29, 1.82) is 0 Å². The number of nitrogens with one attached hydrogen (secondary N) is 1. The molecule has 190 valence electrons. The molecular weight excluding hydrogens is 511 g/mol. The molecule has 1 saturated heterocycles. The van der Waals surface area contributed by atoms with E-state index in [1.807, 2.05) is 18.7 Å². The van der Waals surface area contributed by atoms with Crippen molar-refractivity contribution in [2.45, 2.75) is 27.3 Å². The van der Waals surface area contributed by atoms with Crippen molar-refractivity contribution in [1.82, 2.24) is 14.7 Å². The first-order chi connectivity index (χ1) is 16.7. The quantitative estimate of drug-likeness (QED) is 0.405. The first kappa shape index (κ1) is 27.3. The molecule has 0 aliphatic carbocycles. The molecule has 1 fully saturated rings. The van der Waals surface area contributed by atoms with Crippen LogP contribution in [0, 0.1) is 12.7 Å². The van der Waals surface area contributed by atoms with Gasteiger partial charge in [0.15, 0.2) is 5.11 Å². The summed E-state index contributed by atoms with van der Waals surface area (Å²) in [5.74, 6) is -1.05. The molecule has 0 spiro atoms. The van der Waals surface area contributed by atoms with Crippen LogP contribution in [0.25, 0.3) is 0 Å². The number of benzene rings is 1. The molecule has 0 radical (unpaired) electrons. The van der Waals surface area contributed by atoms with Gasteiger partial charge in [-0.25, -0.2) is 9.18 Å². The number of anilines is 1. The molecule has 1 aromatic heterocycles. The third-order valence-corrected chi connectivity index (χ3v) is 7.90. The van der Waals surface area contributed by atoms with Crippen LogP contribution in [-0.4, -0.2) is 78.1 Å². The summed E-state index contributed by atoms with van der Waals surface area (Å²) in [5.41, 5.74) is 1.88. The van der Waals surface area contributed by atoms with Crippen molar-refractivity contribution in [2.75, 3.05) is 51.7 Å². The fraction of sp³-hybridized carbons (Fsp3) is 0.458. The Bertz CT molecular complexity index is 1100. The number of ether oxygens (including phenoxy) is 1. The minimum absolute atomic E-state index is 0.115. The highest BCUT2D eigenvalue weighted by atomic mass is 35.5. The third kappa shape index (κ3) is 6.30. The number of thiocarbonyl (C=S) groups is 1. The number of halogens is 2. The van der Waals surface area contributed by atoms with E-state index in [1.54, 1.807) is 24.0 Å². The topological polar surface area (TPSA) is 65.1 Å². The van der Waals surface area contributed by atoms with Crippen LogP contribution in [0.15, 0.2) is 18.2 Å². The van der Waals surface area contributed by atoms with Crippen LogP contribution in [0.4, 0.5) is 9.39 Å². The van der Waals surface area contributed by atoms with Crippen LogP contribution in [0.3, 0.4) is 0 Å². The van der Waals surface area contributed by atoms with Gasteiger partial charge < -0.3 is 19.9 Å². The van der Waals surface area contributed by atoms with Gasteiger partial charge in [0.25, 0.3) is 5.91 Å². The van der Waals surface area contributed by atoms with Crippen LogP contribution in [0.5, 0.6) is 0 Å². The standard InChI is InChI=1S/C24H30ClFN4O3S2/c1-5-29(6-2)22(31)20-15(3)19(23(32)33-4)21(35-20)27-24(34)30-11-9-28(10-12-30)14-16-7-8-18(26)17(25)13-16/h7-8,13H,5-6,9-12,14H2,1-4H3,(H,27,34). The molecule has 1 aliphatic heterocycles. The second kappa shape index (κ2) is 12.1. The van der Waals surface area contributed by atoms with E-state index in [1.165, 1.54) is 24.5 Å². The molecule has 11 heteroatoms. The number of hydrogen-bond acceptors (Lipinski definition) is 6. The van der Waals surface area contributed by atoms with Gasteiger partial charge in [0.1, 0.15) is 10.8 Å². The lowest BCUT2D eigenvalue weighted by atomic mass is 10.1. The van der Waals surface area contributed by atoms with Gasteiger partial charge in [-0.2, -0.15) is 0 Å². The highest BCUT2D eigenvalue weighted by molar-refractivity contribution is 7.80. The van der Waals surface area contributed by atoms with E-state index < -0.39 is 11.8 Å². The summed E-state index contributed by atoms with van der Waals surface area (Å²) in [6, 6.07) is 4.78. The van der Waals surface area contributed by atoms with Gasteiger partial charge in [-0.05, 0) is 56.2 Å². The molecule has 2 heterocycles. The summed E-state index contributed by atoms with van der Waals surface area (Å²) in [6.45, 7) is 10.3. The Balaban J connectivity index is 1.69. The van der Waals surface area contributed by atoms with Crippen molar-refractivity contribution in [3.63, 3.8) is 0 Å². The molecule has 0 unspecified atom stereocenters. The molecule has 7 nitrogen and oxygen atoms in total. The predicted molar refractivity (Wildman–Crippen MR) is 142 cm³/mol. The summed E-state index contributed by atoms with van der Waals surface area (Å²) < 4.78 is 18.4. The maximum atomic E-state index is 13.4. The summed E-state index contributed by atoms with van der Waals surface area (Å²) in [7, 11) is 1.32. The van der Waals surface area contributed by atoms with E-state index in [2.05, 4.69) is 10.2 Å². The highest BCUT2D eigenvalue weighted by Crippen LogP contribution is 2.35. The first-order valence-electron chi connectivity index (χ1n) is 11.4. The number of carbonyl (C=O) groups is 2. The summed E-state index contributed by atoms with van der Waals surface area (Å²) in [4.78, 5) is 32.0. The molecule has 0 bridgehead atoms. The Morgan fingerprint density at radius 3 is 2.46 bits per heavy atom. The average Bonchev–Trinajstić information content (AvgIpc) is 3.17. The summed E-state index contributed by atoms with van der Waals surface area (Å²) in [6.07, 6.45) is 0. The zero-order valence-corrected chi connectivity index (χ0v) is 22.7. The Labute approximate surface area is 219 Å². The van der Waals surface area contributed by atoms with Crippen LogP contribution in [-0.2, 0) is 11.3 Å². The minimum atomic E-state index is -0.509. The van der Waals surface area contributed by atoms with Crippen molar-refractivity contribution < 1.29 is 18.7 Å². The zero-order valence-electron chi connectivity index (χ0n) is 20.3. The number of nitrogens with zero attached hydrogens (tertiary/aromatic N) is 3. The van der Waals surface area contributed by atoms with E-state index in [0.717, 1.165) is 18.7 Å². The molecule has 1 amide bonds. The fourth-order valence-electron chi connectivity index (χ4n) is 3.99. The monoisotopic (exact) mass is 540 g/mol. The number of rotatable bonds is 7.